The number of benzene rings is 2. The highest BCUT2D eigenvalue weighted by molar-refractivity contribution is 5.55. The van der Waals surface area contributed by atoms with E-state index in [1.807, 2.05) is 4.90 Å². The van der Waals surface area contributed by atoms with Crippen molar-refractivity contribution in [2.75, 3.05) is 25.0 Å². The Morgan fingerprint density at radius 3 is 2.39 bits per heavy atom. The van der Waals surface area contributed by atoms with Gasteiger partial charge in [-0.2, -0.15) is 18.3 Å². The fraction of sp³-hybridized carbons (Fsp3) is 0.440. The molecule has 0 spiro atoms. The van der Waals surface area contributed by atoms with Crippen LogP contribution in [0.3, 0.4) is 0 Å². The molecule has 11 heteroatoms. The standard InChI is InChI=1S/C25H28F5N5O/c1-17(24(36,14-35-16-31-15-32-35)20-8-7-18(26)13-22(20)27)33(2)19-9-11-34(12-10-19)23-6-4-3-5-21(23)25(28,29)30/h3-8,13,15-17,19,36H,9-12,14H2,1-2H3/t17-,24-/m1/s1. The second-order valence-electron chi connectivity index (χ2n) is 9.22. The Labute approximate surface area is 206 Å². The van der Waals surface area contributed by atoms with E-state index in [-0.39, 0.29) is 23.8 Å². The molecule has 1 aliphatic rings. The average molecular weight is 510 g/mol. The molecule has 3 aromatic rings. The lowest BCUT2D eigenvalue weighted by atomic mass is 9.84. The summed E-state index contributed by atoms with van der Waals surface area (Å²) in [6.07, 6.45) is -0.674. The molecule has 2 atom stereocenters. The SMILES string of the molecule is C[C@@H](N(C)C1CCN(c2ccccc2C(F)(F)F)CC1)[C@](O)(Cn1cncn1)c1ccc(F)cc1F. The normalized spacial score (nSPS) is 17.9. The summed E-state index contributed by atoms with van der Waals surface area (Å²) in [5, 5.41) is 15.9. The van der Waals surface area contributed by atoms with Crippen molar-refractivity contribution >= 4 is 5.69 Å². The van der Waals surface area contributed by atoms with Crippen molar-refractivity contribution in [1.29, 1.82) is 0 Å². The first-order valence-corrected chi connectivity index (χ1v) is 11.6. The van der Waals surface area contributed by atoms with Crippen LogP contribution in [0.1, 0.15) is 30.9 Å². The van der Waals surface area contributed by atoms with Crippen LogP contribution >= 0.6 is 0 Å². The third kappa shape index (κ3) is 5.22. The van der Waals surface area contributed by atoms with Gasteiger partial charge < -0.3 is 10.0 Å². The second-order valence-corrected chi connectivity index (χ2v) is 9.22. The summed E-state index contributed by atoms with van der Waals surface area (Å²) in [5.74, 6) is -1.64. The zero-order valence-corrected chi connectivity index (χ0v) is 20.0. The molecular weight excluding hydrogens is 481 g/mol. The van der Waals surface area contributed by atoms with E-state index in [9.17, 15) is 27.1 Å². The molecule has 1 aliphatic heterocycles. The summed E-state index contributed by atoms with van der Waals surface area (Å²) in [6.45, 7) is 2.40. The van der Waals surface area contributed by atoms with Crippen molar-refractivity contribution in [2.45, 2.75) is 50.2 Å². The van der Waals surface area contributed by atoms with Gasteiger partial charge in [0.25, 0.3) is 0 Å². The Morgan fingerprint density at radius 2 is 1.78 bits per heavy atom. The second kappa shape index (κ2) is 10.1. The molecule has 2 aromatic carbocycles. The van der Waals surface area contributed by atoms with Crippen molar-refractivity contribution in [3.8, 4) is 0 Å². The van der Waals surface area contributed by atoms with Crippen molar-refractivity contribution in [3.05, 3.63) is 77.9 Å². The lowest BCUT2D eigenvalue weighted by Gasteiger charge is -2.45. The number of para-hydroxylation sites is 1. The van der Waals surface area contributed by atoms with Crippen LogP contribution in [0.2, 0.25) is 0 Å². The molecule has 194 valence electrons. The Balaban J connectivity index is 1.54. The van der Waals surface area contributed by atoms with E-state index in [4.69, 9.17) is 0 Å². The Morgan fingerprint density at radius 1 is 1.08 bits per heavy atom. The highest BCUT2D eigenvalue weighted by Crippen LogP contribution is 2.38. The Kier molecular flexibility index (Phi) is 7.33. The number of likely N-dealkylation sites (N-methyl/N-ethyl adjacent to an activating group) is 1. The van der Waals surface area contributed by atoms with Crippen molar-refractivity contribution in [2.24, 2.45) is 0 Å². The molecule has 1 N–H and O–H groups in total. The quantitative estimate of drug-likeness (QED) is 0.477. The minimum absolute atomic E-state index is 0.0738. The number of aliphatic hydroxyl groups is 1. The van der Waals surface area contributed by atoms with Crippen LogP contribution in [-0.4, -0.2) is 57.0 Å². The van der Waals surface area contributed by atoms with Crippen molar-refractivity contribution in [1.82, 2.24) is 19.7 Å². The maximum atomic E-state index is 14.9. The number of hydrogen-bond donors (Lipinski definition) is 1. The first kappa shape index (κ1) is 26.0. The number of alkyl halides is 3. The van der Waals surface area contributed by atoms with Crippen molar-refractivity contribution in [3.63, 3.8) is 0 Å². The summed E-state index contributed by atoms with van der Waals surface area (Å²) >= 11 is 0. The lowest BCUT2D eigenvalue weighted by Crippen LogP contribution is -2.55. The van der Waals surface area contributed by atoms with Gasteiger partial charge in [0.2, 0.25) is 0 Å². The van der Waals surface area contributed by atoms with E-state index in [1.165, 1.54) is 35.5 Å². The molecule has 0 aliphatic carbocycles. The van der Waals surface area contributed by atoms with Crippen LogP contribution in [0.5, 0.6) is 0 Å². The van der Waals surface area contributed by atoms with E-state index in [2.05, 4.69) is 10.1 Å². The van der Waals surface area contributed by atoms with Crippen LogP contribution in [0.4, 0.5) is 27.6 Å². The zero-order valence-electron chi connectivity index (χ0n) is 20.0. The van der Waals surface area contributed by atoms with Gasteiger partial charge in [-0.05, 0) is 45.0 Å². The highest BCUT2D eigenvalue weighted by atomic mass is 19.4. The molecule has 0 unspecified atom stereocenters. The summed E-state index contributed by atoms with van der Waals surface area (Å²) in [5.41, 5.74) is -2.38. The molecule has 0 saturated carbocycles. The molecule has 0 bridgehead atoms. The number of rotatable bonds is 7. The first-order valence-electron chi connectivity index (χ1n) is 11.6. The minimum atomic E-state index is -4.45. The lowest BCUT2D eigenvalue weighted by molar-refractivity contribution is -0.137. The van der Waals surface area contributed by atoms with Crippen LogP contribution in [0.15, 0.2) is 55.1 Å². The summed E-state index contributed by atoms with van der Waals surface area (Å²) in [7, 11) is 1.79. The Hall–Kier alpha value is -3.05. The van der Waals surface area contributed by atoms with Gasteiger partial charge in [-0.1, -0.05) is 18.2 Å². The number of anilines is 1. The molecule has 4 rings (SSSR count). The molecule has 0 radical (unpaired) electrons. The van der Waals surface area contributed by atoms with Gasteiger partial charge >= 0.3 is 6.18 Å². The number of hydrogen-bond acceptors (Lipinski definition) is 5. The number of aromatic nitrogens is 3. The molecule has 1 saturated heterocycles. The fourth-order valence-electron chi connectivity index (χ4n) is 5.00. The van der Waals surface area contributed by atoms with Gasteiger partial charge in [0, 0.05) is 42.5 Å². The van der Waals surface area contributed by atoms with E-state index in [0.29, 0.717) is 25.9 Å². The van der Waals surface area contributed by atoms with Crippen LogP contribution in [0.25, 0.3) is 0 Å². The monoisotopic (exact) mass is 509 g/mol. The smallest absolute Gasteiger partial charge is 0.381 e. The average Bonchev–Trinajstić information content (AvgIpc) is 3.35. The third-order valence-corrected chi connectivity index (χ3v) is 7.16. The molecule has 2 heterocycles. The summed E-state index contributed by atoms with van der Waals surface area (Å²) < 4.78 is 70.3. The van der Waals surface area contributed by atoms with E-state index in [1.54, 1.807) is 24.9 Å². The molecule has 6 nitrogen and oxygen atoms in total. The molecular formula is C25H28F5N5O. The van der Waals surface area contributed by atoms with Gasteiger partial charge in [0.1, 0.15) is 29.9 Å². The van der Waals surface area contributed by atoms with Gasteiger partial charge in [-0.15, -0.1) is 0 Å². The zero-order chi connectivity index (χ0) is 26.1. The molecule has 0 amide bonds. The van der Waals surface area contributed by atoms with E-state index < -0.39 is 35.0 Å². The van der Waals surface area contributed by atoms with Gasteiger partial charge in [0.05, 0.1) is 12.1 Å². The van der Waals surface area contributed by atoms with E-state index in [0.717, 1.165) is 18.2 Å². The fourth-order valence-corrected chi connectivity index (χ4v) is 5.00. The van der Waals surface area contributed by atoms with Gasteiger partial charge in [-0.25, -0.2) is 18.4 Å². The summed E-state index contributed by atoms with van der Waals surface area (Å²) in [6, 6.07) is 7.83. The number of piperidine rings is 1. The first-order chi connectivity index (χ1) is 17.0. The van der Waals surface area contributed by atoms with Crippen LogP contribution in [0, 0.1) is 11.6 Å². The number of nitrogens with zero attached hydrogens (tertiary/aromatic N) is 5. The van der Waals surface area contributed by atoms with Gasteiger partial charge in [0.15, 0.2) is 0 Å². The van der Waals surface area contributed by atoms with E-state index >= 15 is 0 Å². The summed E-state index contributed by atoms with van der Waals surface area (Å²) in [4.78, 5) is 7.51. The minimum Gasteiger partial charge on any atom is -0.381 e. The maximum Gasteiger partial charge on any atom is 0.418 e. The van der Waals surface area contributed by atoms with Crippen molar-refractivity contribution < 1.29 is 27.1 Å². The number of halogens is 5. The predicted molar refractivity (Wildman–Crippen MR) is 124 cm³/mol. The van der Waals surface area contributed by atoms with Crippen LogP contribution < -0.4 is 4.90 Å². The highest BCUT2D eigenvalue weighted by Gasteiger charge is 2.43. The molecule has 36 heavy (non-hydrogen) atoms. The Bertz CT molecular complexity index is 1160. The predicted octanol–water partition coefficient (Wildman–Crippen LogP) is 4.45. The topological polar surface area (TPSA) is 57.4 Å². The molecule has 1 fully saturated rings. The van der Waals surface area contributed by atoms with Crippen LogP contribution in [-0.2, 0) is 18.3 Å². The van der Waals surface area contributed by atoms with Gasteiger partial charge in [-0.3, -0.25) is 4.90 Å². The maximum absolute atomic E-state index is 14.9. The largest absolute Gasteiger partial charge is 0.418 e. The molecule has 1 aromatic heterocycles. The third-order valence-electron chi connectivity index (χ3n) is 7.16.